The van der Waals surface area contributed by atoms with E-state index in [1.54, 1.807) is 6.33 Å². The van der Waals surface area contributed by atoms with Crippen molar-refractivity contribution in [2.45, 2.75) is 32.2 Å². The maximum absolute atomic E-state index is 11.3. The van der Waals surface area contributed by atoms with Crippen LogP contribution in [0.25, 0.3) is 0 Å². The van der Waals surface area contributed by atoms with Crippen LogP contribution in [0.15, 0.2) is 12.7 Å². The van der Waals surface area contributed by atoms with Gasteiger partial charge in [-0.05, 0) is 12.3 Å². The average molecular weight is 179 g/mol. The summed E-state index contributed by atoms with van der Waals surface area (Å²) >= 11 is 0. The molecule has 1 saturated carbocycles. The first-order valence-electron chi connectivity index (χ1n) is 4.63. The minimum atomic E-state index is 0.226. The van der Waals surface area contributed by atoms with Crippen LogP contribution in [0.3, 0.4) is 0 Å². The SMILES string of the molecule is CC1CCC(=O)CC1n1cncn1. The van der Waals surface area contributed by atoms with Crippen LogP contribution in [-0.4, -0.2) is 20.5 Å². The van der Waals surface area contributed by atoms with Crippen molar-refractivity contribution in [3.8, 4) is 0 Å². The average Bonchev–Trinajstić information content (AvgIpc) is 2.61. The van der Waals surface area contributed by atoms with Crippen molar-refractivity contribution in [1.29, 1.82) is 0 Å². The molecular formula is C9H13N3O. The number of carbonyl (C=O) groups excluding carboxylic acids is 1. The van der Waals surface area contributed by atoms with E-state index in [2.05, 4.69) is 17.0 Å². The van der Waals surface area contributed by atoms with Gasteiger partial charge >= 0.3 is 0 Å². The summed E-state index contributed by atoms with van der Waals surface area (Å²) in [5, 5.41) is 4.08. The van der Waals surface area contributed by atoms with Gasteiger partial charge in [0.15, 0.2) is 0 Å². The number of aromatic nitrogens is 3. The van der Waals surface area contributed by atoms with Crippen LogP contribution in [0, 0.1) is 5.92 Å². The molecule has 0 N–H and O–H groups in total. The van der Waals surface area contributed by atoms with Gasteiger partial charge in [-0.2, -0.15) is 5.10 Å². The van der Waals surface area contributed by atoms with Crippen molar-refractivity contribution in [3.05, 3.63) is 12.7 Å². The Kier molecular flexibility index (Phi) is 2.12. The molecule has 0 aliphatic heterocycles. The first kappa shape index (κ1) is 8.41. The zero-order chi connectivity index (χ0) is 9.26. The molecule has 1 fully saturated rings. The van der Waals surface area contributed by atoms with Crippen molar-refractivity contribution in [2.75, 3.05) is 0 Å². The molecule has 0 bridgehead atoms. The topological polar surface area (TPSA) is 47.8 Å². The summed E-state index contributed by atoms with van der Waals surface area (Å²) in [4.78, 5) is 15.2. The van der Waals surface area contributed by atoms with Gasteiger partial charge in [-0.25, -0.2) is 9.67 Å². The summed E-state index contributed by atoms with van der Waals surface area (Å²) < 4.78 is 1.81. The summed E-state index contributed by atoms with van der Waals surface area (Å²) in [5.41, 5.74) is 0. The number of nitrogens with zero attached hydrogens (tertiary/aromatic N) is 3. The Morgan fingerprint density at radius 1 is 1.62 bits per heavy atom. The highest BCUT2D eigenvalue weighted by molar-refractivity contribution is 5.79. The van der Waals surface area contributed by atoms with Crippen molar-refractivity contribution < 1.29 is 4.79 Å². The highest BCUT2D eigenvalue weighted by atomic mass is 16.1. The summed E-state index contributed by atoms with van der Waals surface area (Å²) in [6, 6.07) is 0.226. The van der Waals surface area contributed by atoms with Crippen LogP contribution >= 0.6 is 0 Å². The fourth-order valence-electron chi connectivity index (χ4n) is 1.86. The van der Waals surface area contributed by atoms with Crippen molar-refractivity contribution in [1.82, 2.24) is 14.8 Å². The Labute approximate surface area is 77.0 Å². The summed E-state index contributed by atoms with van der Waals surface area (Å²) in [7, 11) is 0. The number of ketones is 1. The monoisotopic (exact) mass is 179 g/mol. The molecule has 1 aromatic rings. The van der Waals surface area contributed by atoms with E-state index in [1.165, 1.54) is 6.33 Å². The quantitative estimate of drug-likeness (QED) is 0.651. The molecule has 1 aliphatic carbocycles. The van der Waals surface area contributed by atoms with E-state index in [4.69, 9.17) is 0 Å². The lowest BCUT2D eigenvalue weighted by atomic mass is 9.85. The van der Waals surface area contributed by atoms with Crippen LogP contribution < -0.4 is 0 Å². The second-order valence-corrected chi connectivity index (χ2v) is 3.70. The van der Waals surface area contributed by atoms with Gasteiger partial charge in [0.05, 0.1) is 6.04 Å². The Morgan fingerprint density at radius 2 is 2.46 bits per heavy atom. The summed E-state index contributed by atoms with van der Waals surface area (Å²) in [6.45, 7) is 2.17. The largest absolute Gasteiger partial charge is 0.300 e. The van der Waals surface area contributed by atoms with Gasteiger partial charge in [-0.15, -0.1) is 0 Å². The second kappa shape index (κ2) is 3.28. The molecule has 1 aliphatic rings. The third-order valence-electron chi connectivity index (χ3n) is 2.75. The summed E-state index contributed by atoms with van der Waals surface area (Å²) in [6.07, 6.45) is 5.53. The molecule has 0 amide bonds. The third kappa shape index (κ3) is 1.61. The minimum absolute atomic E-state index is 0.226. The maximum atomic E-state index is 11.3. The third-order valence-corrected chi connectivity index (χ3v) is 2.75. The molecule has 2 rings (SSSR count). The van der Waals surface area contributed by atoms with Gasteiger partial charge in [0, 0.05) is 12.8 Å². The van der Waals surface area contributed by atoms with Gasteiger partial charge in [0.2, 0.25) is 0 Å². The lowest BCUT2D eigenvalue weighted by molar-refractivity contribution is -0.122. The number of carbonyl (C=O) groups is 1. The van der Waals surface area contributed by atoms with E-state index in [-0.39, 0.29) is 6.04 Å². The first-order valence-corrected chi connectivity index (χ1v) is 4.63. The van der Waals surface area contributed by atoms with E-state index in [0.717, 1.165) is 12.8 Å². The predicted octanol–water partition coefficient (Wildman–Crippen LogP) is 1.21. The lowest BCUT2D eigenvalue weighted by Gasteiger charge is -2.27. The molecule has 1 heterocycles. The first-order chi connectivity index (χ1) is 6.27. The lowest BCUT2D eigenvalue weighted by Crippen LogP contribution is -2.26. The highest BCUT2D eigenvalue weighted by Gasteiger charge is 2.27. The number of hydrogen-bond acceptors (Lipinski definition) is 3. The van der Waals surface area contributed by atoms with E-state index in [1.807, 2.05) is 4.68 Å². The fourth-order valence-corrected chi connectivity index (χ4v) is 1.86. The van der Waals surface area contributed by atoms with E-state index >= 15 is 0 Å². The molecule has 0 aromatic carbocycles. The minimum Gasteiger partial charge on any atom is -0.300 e. The van der Waals surface area contributed by atoms with Crippen LogP contribution in [0.1, 0.15) is 32.2 Å². The Hall–Kier alpha value is -1.19. The molecule has 0 radical (unpaired) electrons. The van der Waals surface area contributed by atoms with E-state index in [0.29, 0.717) is 18.1 Å². The fraction of sp³-hybridized carbons (Fsp3) is 0.667. The Bertz CT molecular complexity index is 294. The number of hydrogen-bond donors (Lipinski definition) is 0. The van der Waals surface area contributed by atoms with E-state index in [9.17, 15) is 4.79 Å². The Balaban J connectivity index is 2.17. The van der Waals surface area contributed by atoms with Crippen LogP contribution in [0.5, 0.6) is 0 Å². The zero-order valence-corrected chi connectivity index (χ0v) is 7.68. The second-order valence-electron chi connectivity index (χ2n) is 3.70. The van der Waals surface area contributed by atoms with Gasteiger partial charge in [-0.3, -0.25) is 4.79 Å². The number of rotatable bonds is 1. The van der Waals surface area contributed by atoms with Gasteiger partial charge < -0.3 is 0 Å². The van der Waals surface area contributed by atoms with Gasteiger partial charge in [0.1, 0.15) is 18.4 Å². The standard InChI is InChI=1S/C9H13N3O/c1-7-2-3-8(13)4-9(7)12-6-10-5-11-12/h5-7,9H,2-4H2,1H3. The normalized spacial score (nSPS) is 29.2. The zero-order valence-electron chi connectivity index (χ0n) is 7.68. The predicted molar refractivity (Wildman–Crippen MR) is 47.1 cm³/mol. The van der Waals surface area contributed by atoms with Gasteiger partial charge in [0.25, 0.3) is 0 Å². The molecule has 0 saturated heterocycles. The molecule has 2 atom stereocenters. The smallest absolute Gasteiger partial charge is 0.137 e. The molecule has 1 aromatic heterocycles. The molecule has 4 heteroatoms. The molecule has 0 spiro atoms. The molecule has 4 nitrogen and oxygen atoms in total. The molecule has 13 heavy (non-hydrogen) atoms. The molecule has 70 valence electrons. The highest BCUT2D eigenvalue weighted by Crippen LogP contribution is 2.30. The van der Waals surface area contributed by atoms with Gasteiger partial charge in [-0.1, -0.05) is 6.92 Å². The van der Waals surface area contributed by atoms with Crippen molar-refractivity contribution >= 4 is 5.78 Å². The van der Waals surface area contributed by atoms with Crippen LogP contribution in [0.4, 0.5) is 0 Å². The van der Waals surface area contributed by atoms with Crippen molar-refractivity contribution in [2.24, 2.45) is 5.92 Å². The van der Waals surface area contributed by atoms with Crippen LogP contribution in [0.2, 0.25) is 0 Å². The number of Topliss-reactive ketones (excluding diaryl/α,β-unsaturated/α-hetero) is 1. The maximum Gasteiger partial charge on any atom is 0.137 e. The summed E-state index contributed by atoms with van der Waals surface area (Å²) in [5.74, 6) is 0.873. The van der Waals surface area contributed by atoms with E-state index < -0.39 is 0 Å². The van der Waals surface area contributed by atoms with Crippen molar-refractivity contribution in [3.63, 3.8) is 0 Å². The molecule has 2 unspecified atom stereocenters. The molecular weight excluding hydrogens is 166 g/mol. The van der Waals surface area contributed by atoms with Crippen LogP contribution in [-0.2, 0) is 4.79 Å². The Morgan fingerprint density at radius 3 is 3.15 bits per heavy atom.